The molecule has 1 aromatic heterocycles. The van der Waals surface area contributed by atoms with E-state index >= 15 is 0 Å². The Hall–Kier alpha value is -1.31. The first-order valence-corrected chi connectivity index (χ1v) is 7.91. The van der Waals surface area contributed by atoms with Gasteiger partial charge in [-0.1, -0.05) is 6.07 Å². The summed E-state index contributed by atoms with van der Waals surface area (Å²) in [4.78, 5) is 14.2. The number of allylic oxidation sites excluding steroid dienone is 2. The fourth-order valence-corrected chi connectivity index (χ4v) is 2.40. The number of hydrogen-bond donors (Lipinski definition) is 1. The maximum atomic E-state index is 12.7. The Bertz CT molecular complexity index is 718. The number of aliphatic hydroxyl groups excluding tert-OH is 1. The van der Waals surface area contributed by atoms with E-state index < -0.39 is 0 Å². The van der Waals surface area contributed by atoms with Crippen LogP contribution in [0, 0.1) is 11.9 Å². The number of carbonyl (C=O) groups excluding carboxylic acids is 1. The van der Waals surface area contributed by atoms with E-state index in [2.05, 4.69) is 25.0 Å². The molecule has 1 N–H and O–H groups in total. The minimum atomic E-state index is -0.294. The van der Waals surface area contributed by atoms with Crippen LogP contribution in [0.4, 0.5) is 4.39 Å². The molecule has 0 aliphatic heterocycles. The van der Waals surface area contributed by atoms with Crippen LogP contribution in [0.1, 0.15) is 13.8 Å². The molecule has 2 rings (SSSR count). The Labute approximate surface area is 158 Å². The number of pyridine rings is 1. The molecule has 1 unspecified atom stereocenters. The number of ketones is 1. The molecule has 8 heteroatoms. The number of hydrogen-bond acceptors (Lipinski definition) is 4. The van der Waals surface area contributed by atoms with Gasteiger partial charge in [0.1, 0.15) is 0 Å². The van der Waals surface area contributed by atoms with Crippen molar-refractivity contribution in [3.8, 4) is 11.3 Å². The van der Waals surface area contributed by atoms with Crippen molar-refractivity contribution in [3.05, 3.63) is 60.2 Å². The molecule has 0 aliphatic carbocycles. The summed E-state index contributed by atoms with van der Waals surface area (Å²) in [6.45, 7) is 2.85. The summed E-state index contributed by atoms with van der Waals surface area (Å²) in [6, 6.07) is 11.0. The molecule has 1 heterocycles. The van der Waals surface area contributed by atoms with Crippen LogP contribution in [0.2, 0.25) is 0 Å². The van der Waals surface area contributed by atoms with Gasteiger partial charge in [0, 0.05) is 51.9 Å². The van der Waals surface area contributed by atoms with Crippen molar-refractivity contribution in [2.45, 2.75) is 13.8 Å². The van der Waals surface area contributed by atoms with Crippen LogP contribution in [-0.4, -0.2) is 15.9 Å². The van der Waals surface area contributed by atoms with Gasteiger partial charge >= 0.3 is 0 Å². The quantitative estimate of drug-likeness (QED) is 0.273. The summed E-state index contributed by atoms with van der Waals surface area (Å²) in [6.07, 6.45) is 2.88. The Balaban J connectivity index is 0.000000570. The number of halogens is 1. The topological polar surface area (TPSA) is 62.5 Å². The zero-order valence-corrected chi connectivity index (χ0v) is 17.5. The van der Waals surface area contributed by atoms with Crippen molar-refractivity contribution >= 4 is 28.9 Å². The Morgan fingerprint density at radius 3 is 2.58 bits per heavy atom. The van der Waals surface area contributed by atoms with E-state index in [-0.39, 0.29) is 37.5 Å². The molecule has 2 aromatic rings. The van der Waals surface area contributed by atoms with E-state index in [0.29, 0.717) is 0 Å². The van der Waals surface area contributed by atoms with Crippen molar-refractivity contribution in [2.24, 2.45) is 4.52 Å². The minimum absolute atomic E-state index is 0. The fourth-order valence-electron chi connectivity index (χ4n) is 1.55. The zero-order chi connectivity index (χ0) is 17.2. The Kier molecular flexibility index (Phi) is 11.4. The molecule has 0 spiro atoms. The average Bonchev–Trinajstić information content (AvgIpc) is 2.48. The summed E-state index contributed by atoms with van der Waals surface area (Å²) in [7, 11) is 3.18. The molecule has 0 saturated carbocycles. The molecule has 0 aliphatic rings. The van der Waals surface area contributed by atoms with Gasteiger partial charge in [0.05, 0.1) is 5.76 Å². The number of benzene rings is 1. The van der Waals surface area contributed by atoms with E-state index in [1.54, 1.807) is 12.3 Å². The van der Waals surface area contributed by atoms with Gasteiger partial charge in [0.25, 0.3) is 0 Å². The largest absolute Gasteiger partial charge is 0.512 e. The molecule has 129 valence electrons. The molecule has 0 amide bonds. The van der Waals surface area contributed by atoms with Gasteiger partial charge in [-0.2, -0.15) is 0 Å². The standard InChI is InChI=1S/C11H8FN2P2.C5H8O2.Ir/c12-9-3-1-8(2-4-9)11-7-10(16-14-15)5-6-13-11;1-4(6)3-5(2)7;/h1,3-7H,15H2;3,6H,1-2H3;/q-1;;/b;4-3-;. The second kappa shape index (κ2) is 12.1. The number of aromatic nitrogens is 1. The molecule has 0 fully saturated rings. The first-order valence-electron chi connectivity index (χ1n) is 6.55. The van der Waals surface area contributed by atoms with E-state index in [4.69, 9.17) is 5.11 Å². The monoisotopic (exact) mass is 542 g/mol. The first kappa shape index (κ1) is 22.7. The normalized spacial score (nSPS) is 10.6. The first-order chi connectivity index (χ1) is 10.9. The predicted octanol–water partition coefficient (Wildman–Crippen LogP) is 4.27. The van der Waals surface area contributed by atoms with Crippen LogP contribution in [0.5, 0.6) is 0 Å². The van der Waals surface area contributed by atoms with Crippen molar-refractivity contribution in [1.82, 2.24) is 4.98 Å². The second-order valence-electron chi connectivity index (χ2n) is 4.43. The van der Waals surface area contributed by atoms with Gasteiger partial charge in [0.2, 0.25) is 0 Å². The number of rotatable bonds is 3. The SMILES string of the molecule is CC(=O)/C=C(/C)O.Fc1c[c-]c(-c2cc(P=NP)ccn2)cc1.[Ir]. The van der Waals surface area contributed by atoms with E-state index in [1.165, 1.54) is 32.1 Å². The smallest absolute Gasteiger partial charge is 0.155 e. The molecular weight excluding hydrogens is 525 g/mol. The van der Waals surface area contributed by atoms with Crippen LogP contribution >= 0.6 is 17.8 Å². The fraction of sp³-hybridized carbons (Fsp3) is 0.125. The minimum Gasteiger partial charge on any atom is -0.512 e. The third-order valence-corrected chi connectivity index (χ3v) is 3.35. The number of nitrogens with zero attached hydrogens (tertiary/aromatic N) is 2. The van der Waals surface area contributed by atoms with Gasteiger partial charge in [-0.25, -0.2) is 4.52 Å². The van der Waals surface area contributed by atoms with Crippen LogP contribution < -0.4 is 5.30 Å². The molecule has 4 nitrogen and oxygen atoms in total. The molecule has 1 aromatic carbocycles. The van der Waals surface area contributed by atoms with Crippen LogP contribution in [0.25, 0.3) is 11.3 Å². The van der Waals surface area contributed by atoms with Crippen molar-refractivity contribution in [1.29, 1.82) is 0 Å². The third kappa shape index (κ3) is 9.10. The van der Waals surface area contributed by atoms with Crippen LogP contribution in [0.3, 0.4) is 0 Å². The molecular formula is C16H16FIrN2O2P2-. The Morgan fingerprint density at radius 2 is 2.12 bits per heavy atom. The summed E-state index contributed by atoms with van der Waals surface area (Å²) >= 11 is 0. The third-order valence-electron chi connectivity index (χ3n) is 2.38. The van der Waals surface area contributed by atoms with Crippen LogP contribution in [0.15, 0.2) is 52.9 Å². The molecule has 0 bridgehead atoms. The predicted molar refractivity (Wildman–Crippen MR) is 94.2 cm³/mol. The second-order valence-corrected chi connectivity index (χ2v) is 6.07. The molecule has 24 heavy (non-hydrogen) atoms. The van der Waals surface area contributed by atoms with Gasteiger partial charge in [-0.3, -0.25) is 9.18 Å². The molecule has 1 atom stereocenters. The molecule has 0 saturated heterocycles. The van der Waals surface area contributed by atoms with Gasteiger partial charge in [0.15, 0.2) is 5.78 Å². The van der Waals surface area contributed by atoms with Gasteiger partial charge in [-0.15, -0.1) is 29.8 Å². The van der Waals surface area contributed by atoms with E-state index in [0.717, 1.165) is 24.9 Å². The van der Waals surface area contributed by atoms with Crippen LogP contribution in [-0.2, 0) is 24.9 Å². The maximum Gasteiger partial charge on any atom is 0.155 e. The van der Waals surface area contributed by atoms with E-state index in [9.17, 15) is 9.18 Å². The summed E-state index contributed by atoms with van der Waals surface area (Å²) < 4.78 is 16.7. The summed E-state index contributed by atoms with van der Waals surface area (Å²) in [5, 5.41) is 9.40. The van der Waals surface area contributed by atoms with Crippen molar-refractivity contribution < 1.29 is 34.4 Å². The van der Waals surface area contributed by atoms with Gasteiger partial charge < -0.3 is 10.1 Å². The van der Waals surface area contributed by atoms with Crippen molar-refractivity contribution in [2.75, 3.05) is 0 Å². The summed E-state index contributed by atoms with van der Waals surface area (Å²) in [5.74, 6) is -0.356. The number of aliphatic hydroxyl groups is 1. The molecule has 1 radical (unpaired) electrons. The van der Waals surface area contributed by atoms with Gasteiger partial charge in [-0.05, 0) is 35.0 Å². The zero-order valence-electron chi connectivity index (χ0n) is 13.0. The summed E-state index contributed by atoms with van der Waals surface area (Å²) in [5.41, 5.74) is 1.56. The Morgan fingerprint density at radius 1 is 1.42 bits per heavy atom. The average molecular weight is 541 g/mol. The van der Waals surface area contributed by atoms with E-state index in [1.807, 2.05) is 12.1 Å². The number of carbonyl (C=O) groups is 1. The van der Waals surface area contributed by atoms with Crippen molar-refractivity contribution in [3.63, 3.8) is 0 Å². The maximum absolute atomic E-state index is 12.7.